The van der Waals surface area contributed by atoms with Crippen LogP contribution in [0.1, 0.15) is 22.8 Å². The van der Waals surface area contributed by atoms with Gasteiger partial charge in [0.1, 0.15) is 11.3 Å². The van der Waals surface area contributed by atoms with Gasteiger partial charge in [-0.25, -0.2) is 4.39 Å². The number of piperazine rings is 1. The van der Waals surface area contributed by atoms with Gasteiger partial charge in [0.2, 0.25) is 0 Å². The molecule has 2 fully saturated rings. The van der Waals surface area contributed by atoms with Crippen molar-refractivity contribution in [1.82, 2.24) is 14.8 Å². The summed E-state index contributed by atoms with van der Waals surface area (Å²) in [6.45, 7) is 11.5. The molecule has 4 aromatic rings. The molecular weight excluding hydrogens is 509 g/mol. The van der Waals surface area contributed by atoms with Crippen molar-refractivity contribution in [1.29, 1.82) is 0 Å². The summed E-state index contributed by atoms with van der Waals surface area (Å²) in [4.78, 5) is 24.0. The number of para-hydroxylation sites is 1. The summed E-state index contributed by atoms with van der Waals surface area (Å²) in [6, 6.07) is 17.0. The first-order valence-corrected chi connectivity index (χ1v) is 13.9. The van der Waals surface area contributed by atoms with Crippen LogP contribution in [0.3, 0.4) is 0 Å². The van der Waals surface area contributed by atoms with Gasteiger partial charge >= 0.3 is 0 Å². The van der Waals surface area contributed by atoms with E-state index in [1.54, 1.807) is 17.0 Å². The van der Waals surface area contributed by atoms with Crippen LogP contribution in [0, 0.1) is 12.7 Å². The summed E-state index contributed by atoms with van der Waals surface area (Å²) in [5.41, 5.74) is 5.93. The molecular formula is C31H34FN5O3. The number of aryl methyl sites for hydroxylation is 1. The van der Waals surface area contributed by atoms with E-state index < -0.39 is 5.82 Å². The number of amides is 1. The number of benzene rings is 3. The maximum absolute atomic E-state index is 15.1. The average Bonchev–Trinajstić information content (AvgIpc) is 3.40. The van der Waals surface area contributed by atoms with Crippen molar-refractivity contribution in [2.45, 2.75) is 13.8 Å². The Hall–Kier alpha value is -3.95. The van der Waals surface area contributed by atoms with E-state index >= 15 is 4.39 Å². The Kier molecular flexibility index (Phi) is 7.40. The molecule has 1 amide bonds. The van der Waals surface area contributed by atoms with Crippen LogP contribution in [0.5, 0.6) is 0 Å². The molecule has 208 valence electrons. The van der Waals surface area contributed by atoms with Gasteiger partial charge in [0.25, 0.3) is 11.9 Å². The lowest BCUT2D eigenvalue weighted by Crippen LogP contribution is -2.46. The van der Waals surface area contributed by atoms with E-state index in [1.807, 2.05) is 24.3 Å². The number of rotatable bonds is 6. The molecule has 2 saturated heterocycles. The van der Waals surface area contributed by atoms with Crippen molar-refractivity contribution in [3.63, 3.8) is 0 Å². The predicted octanol–water partition coefficient (Wildman–Crippen LogP) is 5.30. The number of nitrogens with zero attached hydrogens (tertiary/aromatic N) is 4. The molecule has 2 aliphatic heterocycles. The van der Waals surface area contributed by atoms with Crippen LogP contribution in [0.2, 0.25) is 0 Å². The summed E-state index contributed by atoms with van der Waals surface area (Å²) in [7, 11) is 0. The minimum absolute atomic E-state index is 0.0591. The Bertz CT molecular complexity index is 1520. The lowest BCUT2D eigenvalue weighted by atomic mass is 10.0. The molecule has 1 N–H and O–H groups in total. The smallest absolute Gasteiger partial charge is 0.300 e. The van der Waals surface area contributed by atoms with Crippen LogP contribution in [0.25, 0.3) is 22.2 Å². The van der Waals surface area contributed by atoms with Gasteiger partial charge in [-0.05, 0) is 61.0 Å². The van der Waals surface area contributed by atoms with E-state index in [9.17, 15) is 4.79 Å². The lowest BCUT2D eigenvalue weighted by molar-refractivity contribution is 0.0300. The lowest BCUT2D eigenvalue weighted by Gasteiger charge is -2.36. The highest BCUT2D eigenvalue weighted by Gasteiger charge is 2.23. The molecule has 0 unspecified atom stereocenters. The normalized spacial score (nSPS) is 16.5. The van der Waals surface area contributed by atoms with Gasteiger partial charge in [0, 0.05) is 56.2 Å². The van der Waals surface area contributed by atoms with Crippen LogP contribution >= 0.6 is 0 Å². The van der Waals surface area contributed by atoms with E-state index in [0.717, 1.165) is 38.4 Å². The molecule has 40 heavy (non-hydrogen) atoms. The maximum atomic E-state index is 15.1. The molecule has 0 bridgehead atoms. The number of carbonyl (C=O) groups excluding carboxylic acids is 1. The minimum atomic E-state index is -0.560. The van der Waals surface area contributed by atoms with Crippen LogP contribution in [0.4, 0.5) is 21.8 Å². The first-order chi connectivity index (χ1) is 19.5. The molecule has 0 atom stereocenters. The molecule has 8 nitrogen and oxygen atoms in total. The van der Waals surface area contributed by atoms with Crippen molar-refractivity contribution in [3.8, 4) is 11.1 Å². The Morgan fingerprint density at radius 2 is 1.80 bits per heavy atom. The van der Waals surface area contributed by atoms with Crippen molar-refractivity contribution < 1.29 is 18.3 Å². The van der Waals surface area contributed by atoms with Crippen molar-refractivity contribution in [3.05, 3.63) is 71.5 Å². The number of nitrogens with one attached hydrogen (secondary N) is 1. The number of carbonyl (C=O) groups is 1. The fourth-order valence-corrected chi connectivity index (χ4v) is 5.54. The van der Waals surface area contributed by atoms with Gasteiger partial charge in [-0.15, -0.1) is 0 Å². The van der Waals surface area contributed by atoms with E-state index in [-0.39, 0.29) is 11.5 Å². The third-order valence-electron chi connectivity index (χ3n) is 7.83. The summed E-state index contributed by atoms with van der Waals surface area (Å²) in [6.07, 6.45) is 0. The van der Waals surface area contributed by atoms with Gasteiger partial charge < -0.3 is 29.2 Å². The fraction of sp³-hybridized carbons (Fsp3) is 0.355. The maximum Gasteiger partial charge on any atom is 0.300 e. The summed E-state index contributed by atoms with van der Waals surface area (Å²) < 4.78 is 26.6. The zero-order valence-corrected chi connectivity index (χ0v) is 23.0. The van der Waals surface area contributed by atoms with E-state index in [1.165, 1.54) is 17.3 Å². The van der Waals surface area contributed by atoms with Gasteiger partial charge in [0.15, 0.2) is 5.58 Å². The van der Waals surface area contributed by atoms with Crippen LogP contribution in [0.15, 0.2) is 59.0 Å². The Morgan fingerprint density at radius 3 is 2.52 bits per heavy atom. The number of hydrogen-bond donors (Lipinski definition) is 1. The molecule has 9 heteroatoms. The summed E-state index contributed by atoms with van der Waals surface area (Å²) in [5.74, 6) is -0.878. The highest BCUT2D eigenvalue weighted by atomic mass is 19.1. The first-order valence-electron chi connectivity index (χ1n) is 13.9. The summed E-state index contributed by atoms with van der Waals surface area (Å²) >= 11 is 0. The number of aromatic nitrogens is 1. The van der Waals surface area contributed by atoms with Crippen molar-refractivity contribution >= 4 is 34.4 Å². The highest BCUT2D eigenvalue weighted by Crippen LogP contribution is 2.33. The third-order valence-corrected chi connectivity index (χ3v) is 7.83. The second kappa shape index (κ2) is 11.3. The van der Waals surface area contributed by atoms with Crippen LogP contribution in [-0.4, -0.2) is 79.7 Å². The molecule has 0 aliphatic carbocycles. The SMILES string of the molecule is CCN1CCN(c2ccc(Nc3nc4cccc(-c5ccc(C(=O)N6CCOCC6)c(F)c5)c4o3)cc2C)CC1. The molecule has 3 heterocycles. The van der Waals surface area contributed by atoms with Gasteiger partial charge in [-0.1, -0.05) is 25.1 Å². The topological polar surface area (TPSA) is 74.1 Å². The quantitative estimate of drug-likeness (QED) is 0.354. The number of oxazole rings is 1. The molecule has 3 aromatic carbocycles. The number of halogens is 1. The van der Waals surface area contributed by atoms with Gasteiger partial charge in [-0.2, -0.15) is 4.98 Å². The number of ether oxygens (including phenoxy) is 1. The molecule has 1 aromatic heterocycles. The van der Waals surface area contributed by atoms with Crippen molar-refractivity contribution in [2.75, 3.05) is 69.2 Å². The monoisotopic (exact) mass is 543 g/mol. The number of morpholine rings is 1. The Balaban J connectivity index is 1.21. The molecule has 0 saturated carbocycles. The summed E-state index contributed by atoms with van der Waals surface area (Å²) in [5, 5.41) is 3.29. The van der Waals surface area contributed by atoms with Crippen LogP contribution in [-0.2, 0) is 4.74 Å². The minimum Gasteiger partial charge on any atom is -0.423 e. The van der Waals surface area contributed by atoms with E-state index in [4.69, 9.17) is 9.15 Å². The molecule has 0 spiro atoms. The molecule has 0 radical (unpaired) electrons. The largest absolute Gasteiger partial charge is 0.423 e. The average molecular weight is 544 g/mol. The second-order valence-corrected chi connectivity index (χ2v) is 10.3. The molecule has 6 rings (SSSR count). The zero-order chi connectivity index (χ0) is 27.6. The Labute approximate surface area is 233 Å². The highest BCUT2D eigenvalue weighted by molar-refractivity contribution is 5.96. The van der Waals surface area contributed by atoms with E-state index in [0.29, 0.717) is 54.5 Å². The Morgan fingerprint density at radius 1 is 1.00 bits per heavy atom. The van der Waals surface area contributed by atoms with Gasteiger partial charge in [-0.3, -0.25) is 4.79 Å². The fourth-order valence-electron chi connectivity index (χ4n) is 5.54. The predicted molar refractivity (Wildman–Crippen MR) is 155 cm³/mol. The zero-order valence-electron chi connectivity index (χ0n) is 23.0. The number of likely N-dealkylation sites (N-methyl/N-ethyl adjacent to an activating group) is 1. The number of hydrogen-bond acceptors (Lipinski definition) is 7. The first kappa shape index (κ1) is 26.3. The third kappa shape index (κ3) is 5.26. The van der Waals surface area contributed by atoms with Crippen LogP contribution < -0.4 is 10.2 Å². The molecule has 2 aliphatic rings. The standard InChI is InChI=1S/C31H34FN5O3/c1-3-35-11-13-36(14-12-35)28-10-8-23(19-21(28)2)33-31-34-27-6-4-5-24(29(27)40-31)22-7-9-25(26(32)20-22)30(38)37-15-17-39-18-16-37/h4-10,19-20H,3,11-18H2,1-2H3,(H,33,34). The van der Waals surface area contributed by atoms with Crippen molar-refractivity contribution in [2.24, 2.45) is 0 Å². The number of fused-ring (bicyclic) bond motifs is 1. The van der Waals surface area contributed by atoms with Gasteiger partial charge in [0.05, 0.1) is 18.8 Å². The second-order valence-electron chi connectivity index (χ2n) is 10.3. The van der Waals surface area contributed by atoms with E-state index in [2.05, 4.69) is 46.1 Å². The number of anilines is 3.